The molecular formula is C16H17NO3. The summed E-state index contributed by atoms with van der Waals surface area (Å²) in [5, 5.41) is 22.1. The summed E-state index contributed by atoms with van der Waals surface area (Å²) < 4.78 is 0. The van der Waals surface area contributed by atoms with E-state index in [2.05, 4.69) is 5.32 Å². The van der Waals surface area contributed by atoms with Crippen LogP contribution in [0, 0.1) is 0 Å². The van der Waals surface area contributed by atoms with E-state index >= 15 is 0 Å². The predicted octanol–water partition coefficient (Wildman–Crippen LogP) is 2.61. The molecule has 3 N–H and O–H groups in total. The van der Waals surface area contributed by atoms with Crippen molar-refractivity contribution >= 4 is 5.91 Å². The molecule has 0 bridgehead atoms. The number of aromatic hydroxyl groups is 2. The Kier molecular flexibility index (Phi) is 3.94. The van der Waals surface area contributed by atoms with Gasteiger partial charge in [0.1, 0.15) is 0 Å². The zero-order valence-corrected chi connectivity index (χ0v) is 11.4. The quantitative estimate of drug-likeness (QED) is 0.752. The molecule has 2 rings (SSSR count). The number of hydrogen-bond donors (Lipinski definition) is 3. The van der Waals surface area contributed by atoms with E-state index < -0.39 is 0 Å². The van der Waals surface area contributed by atoms with Crippen LogP contribution in [0.25, 0.3) is 11.1 Å². The van der Waals surface area contributed by atoms with E-state index in [-0.39, 0.29) is 23.3 Å². The summed E-state index contributed by atoms with van der Waals surface area (Å²) in [6.45, 7) is 1.82. The second kappa shape index (κ2) is 5.65. The third kappa shape index (κ3) is 2.59. The predicted molar refractivity (Wildman–Crippen MR) is 77.7 cm³/mol. The van der Waals surface area contributed by atoms with Gasteiger partial charge in [0.2, 0.25) is 5.91 Å². The first kappa shape index (κ1) is 13.9. The zero-order chi connectivity index (χ0) is 14.7. The lowest BCUT2D eigenvalue weighted by atomic mass is 9.95. The van der Waals surface area contributed by atoms with Gasteiger partial charge in [0.15, 0.2) is 11.5 Å². The lowest BCUT2D eigenvalue weighted by Gasteiger charge is -2.12. The van der Waals surface area contributed by atoms with Crippen LogP contribution >= 0.6 is 0 Å². The Labute approximate surface area is 117 Å². The molecule has 0 saturated carbocycles. The highest BCUT2D eigenvalue weighted by Crippen LogP contribution is 2.36. The Morgan fingerprint density at radius 3 is 2.55 bits per heavy atom. The van der Waals surface area contributed by atoms with Crippen LogP contribution in [0.2, 0.25) is 0 Å². The van der Waals surface area contributed by atoms with Crippen molar-refractivity contribution in [2.75, 3.05) is 7.05 Å². The smallest absolute Gasteiger partial charge is 0.227 e. The number of amides is 1. The third-order valence-corrected chi connectivity index (χ3v) is 3.35. The lowest BCUT2D eigenvalue weighted by Crippen LogP contribution is -2.23. The van der Waals surface area contributed by atoms with Gasteiger partial charge < -0.3 is 15.5 Å². The number of carbonyl (C=O) groups excluding carboxylic acids is 1. The monoisotopic (exact) mass is 271 g/mol. The third-order valence-electron chi connectivity index (χ3n) is 3.35. The standard InChI is InChI=1S/C16H17NO3/c1-10(16(20)17-2)11-5-3-6-12(9-11)13-7-4-8-14(18)15(13)19/h3-10,18-19H,1-2H3,(H,17,20). The first-order valence-corrected chi connectivity index (χ1v) is 6.37. The fourth-order valence-corrected chi connectivity index (χ4v) is 2.11. The summed E-state index contributed by atoms with van der Waals surface area (Å²) >= 11 is 0. The molecule has 20 heavy (non-hydrogen) atoms. The molecule has 0 aromatic heterocycles. The van der Waals surface area contributed by atoms with Gasteiger partial charge in [-0.15, -0.1) is 0 Å². The van der Waals surface area contributed by atoms with E-state index in [1.807, 2.05) is 31.2 Å². The molecule has 1 amide bonds. The molecule has 104 valence electrons. The van der Waals surface area contributed by atoms with Crippen LogP contribution in [-0.4, -0.2) is 23.2 Å². The number of rotatable bonds is 3. The van der Waals surface area contributed by atoms with Crippen LogP contribution in [0.1, 0.15) is 18.4 Å². The van der Waals surface area contributed by atoms with Gasteiger partial charge >= 0.3 is 0 Å². The first-order chi connectivity index (χ1) is 9.54. The first-order valence-electron chi connectivity index (χ1n) is 6.37. The minimum atomic E-state index is -0.278. The summed E-state index contributed by atoms with van der Waals surface area (Å²) in [7, 11) is 1.60. The van der Waals surface area contributed by atoms with Crippen LogP contribution in [0.4, 0.5) is 0 Å². The Balaban J connectivity index is 2.44. The molecule has 1 unspecified atom stereocenters. The molecule has 0 aliphatic carbocycles. The topological polar surface area (TPSA) is 69.6 Å². The maximum absolute atomic E-state index is 11.7. The van der Waals surface area contributed by atoms with Crippen molar-refractivity contribution in [1.82, 2.24) is 5.32 Å². The summed E-state index contributed by atoms with van der Waals surface area (Å²) in [6.07, 6.45) is 0. The van der Waals surface area contributed by atoms with Crippen molar-refractivity contribution in [2.45, 2.75) is 12.8 Å². The normalized spacial score (nSPS) is 11.9. The van der Waals surface area contributed by atoms with E-state index in [0.29, 0.717) is 5.56 Å². The Bertz CT molecular complexity index is 637. The van der Waals surface area contributed by atoms with Crippen molar-refractivity contribution in [2.24, 2.45) is 0 Å². The molecule has 4 nitrogen and oxygen atoms in total. The van der Waals surface area contributed by atoms with Gasteiger partial charge in [0, 0.05) is 12.6 Å². The maximum atomic E-state index is 11.7. The van der Waals surface area contributed by atoms with Crippen LogP contribution < -0.4 is 5.32 Å². The molecule has 1 atom stereocenters. The van der Waals surface area contributed by atoms with Crippen molar-refractivity contribution in [3.8, 4) is 22.6 Å². The van der Waals surface area contributed by atoms with Crippen LogP contribution in [-0.2, 0) is 4.79 Å². The van der Waals surface area contributed by atoms with Gasteiger partial charge in [-0.1, -0.05) is 36.4 Å². The van der Waals surface area contributed by atoms with Gasteiger partial charge in [-0.25, -0.2) is 0 Å². The summed E-state index contributed by atoms with van der Waals surface area (Å²) in [4.78, 5) is 11.7. The van der Waals surface area contributed by atoms with E-state index in [1.54, 1.807) is 19.2 Å². The lowest BCUT2D eigenvalue weighted by molar-refractivity contribution is -0.121. The zero-order valence-electron chi connectivity index (χ0n) is 11.4. The fourth-order valence-electron chi connectivity index (χ4n) is 2.11. The van der Waals surface area contributed by atoms with Gasteiger partial charge in [0.25, 0.3) is 0 Å². The van der Waals surface area contributed by atoms with Gasteiger partial charge in [-0.3, -0.25) is 4.79 Å². The minimum absolute atomic E-state index is 0.0673. The Morgan fingerprint density at radius 2 is 1.85 bits per heavy atom. The largest absolute Gasteiger partial charge is 0.504 e. The van der Waals surface area contributed by atoms with Crippen molar-refractivity contribution in [3.05, 3.63) is 48.0 Å². The average molecular weight is 271 g/mol. The molecule has 4 heteroatoms. The number of likely N-dealkylation sites (N-methyl/N-ethyl adjacent to an activating group) is 1. The van der Waals surface area contributed by atoms with E-state index in [4.69, 9.17) is 0 Å². The van der Waals surface area contributed by atoms with Gasteiger partial charge in [0.05, 0.1) is 5.92 Å². The fraction of sp³-hybridized carbons (Fsp3) is 0.188. The summed E-state index contributed by atoms with van der Waals surface area (Å²) in [5.74, 6) is -0.661. The highest BCUT2D eigenvalue weighted by Gasteiger charge is 2.15. The number of phenols is 2. The van der Waals surface area contributed by atoms with Crippen LogP contribution in [0.5, 0.6) is 11.5 Å². The van der Waals surface area contributed by atoms with E-state index in [0.717, 1.165) is 11.1 Å². The molecular weight excluding hydrogens is 254 g/mol. The summed E-state index contributed by atoms with van der Waals surface area (Å²) in [6, 6.07) is 12.2. The number of phenolic OH excluding ortho intramolecular Hbond substituents is 2. The van der Waals surface area contributed by atoms with Crippen molar-refractivity contribution < 1.29 is 15.0 Å². The maximum Gasteiger partial charge on any atom is 0.227 e. The van der Waals surface area contributed by atoms with E-state index in [9.17, 15) is 15.0 Å². The molecule has 0 aliphatic rings. The number of hydrogen-bond acceptors (Lipinski definition) is 3. The van der Waals surface area contributed by atoms with Crippen molar-refractivity contribution in [1.29, 1.82) is 0 Å². The van der Waals surface area contributed by atoms with Crippen LogP contribution in [0.15, 0.2) is 42.5 Å². The highest BCUT2D eigenvalue weighted by molar-refractivity contribution is 5.84. The van der Waals surface area contributed by atoms with Crippen LogP contribution in [0.3, 0.4) is 0 Å². The molecule has 0 fully saturated rings. The molecule has 2 aromatic carbocycles. The van der Waals surface area contributed by atoms with E-state index in [1.165, 1.54) is 6.07 Å². The molecule has 2 aromatic rings. The Morgan fingerprint density at radius 1 is 1.15 bits per heavy atom. The second-order valence-electron chi connectivity index (χ2n) is 4.63. The number of nitrogens with one attached hydrogen (secondary N) is 1. The minimum Gasteiger partial charge on any atom is -0.504 e. The summed E-state index contributed by atoms with van der Waals surface area (Å²) in [5.41, 5.74) is 2.15. The number of benzene rings is 2. The Hall–Kier alpha value is -2.49. The molecule has 0 radical (unpaired) electrons. The molecule has 0 spiro atoms. The second-order valence-corrected chi connectivity index (χ2v) is 4.63. The molecule has 0 heterocycles. The number of carbonyl (C=O) groups is 1. The van der Waals surface area contributed by atoms with Gasteiger partial charge in [-0.2, -0.15) is 0 Å². The average Bonchev–Trinajstić information content (AvgIpc) is 2.48. The molecule has 0 saturated heterocycles. The van der Waals surface area contributed by atoms with Crippen molar-refractivity contribution in [3.63, 3.8) is 0 Å². The van der Waals surface area contributed by atoms with Gasteiger partial charge in [-0.05, 0) is 24.1 Å². The SMILES string of the molecule is CNC(=O)C(C)c1cccc(-c2cccc(O)c2O)c1. The number of para-hydroxylation sites is 1. The molecule has 0 aliphatic heterocycles. The highest BCUT2D eigenvalue weighted by atomic mass is 16.3.